The number of carbonyl (C=O) groups excluding carboxylic acids is 1. The first-order chi connectivity index (χ1) is 23.1. The Balaban J connectivity index is 1.15. The summed E-state index contributed by atoms with van der Waals surface area (Å²) in [5.41, 5.74) is 5.10. The van der Waals surface area contributed by atoms with Crippen LogP contribution in [0.3, 0.4) is 0 Å². The van der Waals surface area contributed by atoms with Gasteiger partial charge in [0, 0.05) is 55.8 Å². The molecule has 0 unspecified atom stereocenters. The van der Waals surface area contributed by atoms with E-state index in [9.17, 15) is 13.2 Å². The second-order valence-corrected chi connectivity index (χ2v) is 14.5. The fraction of sp³-hybridized carbons (Fsp3) is 0.278. The number of aryl methyl sites for hydroxylation is 1. The lowest BCUT2D eigenvalue weighted by Gasteiger charge is -2.37. The molecule has 6 rings (SSSR count). The highest BCUT2D eigenvalue weighted by Crippen LogP contribution is 2.31. The Morgan fingerprint density at radius 2 is 1.65 bits per heavy atom. The van der Waals surface area contributed by atoms with Crippen LogP contribution in [0.15, 0.2) is 102 Å². The van der Waals surface area contributed by atoms with Gasteiger partial charge >= 0.3 is 6.03 Å². The smallest absolute Gasteiger partial charge is 0.322 e. The molecule has 1 saturated carbocycles. The van der Waals surface area contributed by atoms with Crippen LogP contribution >= 0.6 is 11.6 Å². The number of anilines is 2. The van der Waals surface area contributed by atoms with Crippen LogP contribution in [0.4, 0.5) is 16.4 Å². The molecule has 0 spiro atoms. The van der Waals surface area contributed by atoms with Crippen LogP contribution in [-0.2, 0) is 29.9 Å². The van der Waals surface area contributed by atoms with Crippen LogP contribution in [0.2, 0.25) is 5.02 Å². The summed E-state index contributed by atoms with van der Waals surface area (Å²) in [5, 5.41) is 11.2. The summed E-state index contributed by atoms with van der Waals surface area (Å²) in [5.74, 6) is 0.443. The average Bonchev–Trinajstić information content (AvgIpc) is 3.53. The highest BCUT2D eigenvalue weighted by atomic mass is 35.5. The predicted octanol–water partition coefficient (Wildman–Crippen LogP) is 6.66. The average molecular weight is 684 g/mol. The largest absolute Gasteiger partial charge is 0.351 e. The van der Waals surface area contributed by atoms with Gasteiger partial charge in [0.25, 0.3) is 0 Å². The van der Waals surface area contributed by atoms with Crippen molar-refractivity contribution in [1.29, 1.82) is 0 Å². The molecule has 1 fully saturated rings. The molecule has 1 aliphatic carbocycles. The number of aromatic nitrogens is 4. The first-order valence-corrected chi connectivity index (χ1v) is 18.2. The highest BCUT2D eigenvalue weighted by Gasteiger charge is 2.30. The maximum absolute atomic E-state index is 13.8. The van der Waals surface area contributed by atoms with Gasteiger partial charge in [0.15, 0.2) is 9.84 Å². The number of sulfone groups is 1. The standard InChI is InChI=1S/C36H38ClN7O3S/c1-43-24-28(22-40-43)26-12-16-30(17-13-26)44(36(45)39-21-25-8-4-3-5-9-25)31-18-14-29(15-19-31)41-35-38-23-32(37)33(42-35)20-27-10-6-7-11-34(27)48(2,46)47/h3-13,16-17,22-24,29,31H,14-15,18-21H2,1-2H3,(H,39,45)(H,38,41,42). The third-order valence-electron chi connectivity index (χ3n) is 8.63. The normalized spacial score (nSPS) is 16.3. The maximum atomic E-state index is 13.8. The van der Waals surface area contributed by atoms with Crippen LogP contribution in [0.25, 0.3) is 11.1 Å². The summed E-state index contributed by atoms with van der Waals surface area (Å²) in [6.07, 6.45) is 9.98. The van der Waals surface area contributed by atoms with Gasteiger partial charge in [0.1, 0.15) is 0 Å². The van der Waals surface area contributed by atoms with E-state index < -0.39 is 9.84 Å². The van der Waals surface area contributed by atoms with Crippen molar-refractivity contribution < 1.29 is 13.2 Å². The number of carbonyl (C=O) groups is 1. The van der Waals surface area contributed by atoms with Crippen LogP contribution in [0.1, 0.15) is 42.5 Å². The zero-order chi connectivity index (χ0) is 33.7. The Labute approximate surface area is 286 Å². The summed E-state index contributed by atoms with van der Waals surface area (Å²) in [6.45, 7) is 0.436. The lowest BCUT2D eigenvalue weighted by molar-refractivity contribution is 0.240. The number of nitrogens with zero attached hydrogens (tertiary/aromatic N) is 5. The van der Waals surface area contributed by atoms with E-state index in [4.69, 9.17) is 11.6 Å². The SMILES string of the molecule is Cn1cc(-c2ccc(N(C(=O)NCc3ccccc3)C3CCC(Nc4ncc(Cl)c(Cc5ccccc5S(C)(=O)=O)n4)CC3)cc2)cn1. The monoisotopic (exact) mass is 683 g/mol. The molecule has 0 bridgehead atoms. The van der Waals surface area contributed by atoms with Crippen molar-refractivity contribution in [2.45, 2.75) is 55.6 Å². The summed E-state index contributed by atoms with van der Waals surface area (Å²) in [4.78, 5) is 25.0. The van der Waals surface area contributed by atoms with Crippen molar-refractivity contribution in [2.75, 3.05) is 16.5 Å². The van der Waals surface area contributed by atoms with Crippen molar-refractivity contribution in [3.63, 3.8) is 0 Å². The molecule has 3 aromatic carbocycles. The third-order valence-corrected chi connectivity index (χ3v) is 10.1. The Bertz CT molecular complexity index is 1980. The van der Waals surface area contributed by atoms with Gasteiger partial charge in [-0.3, -0.25) is 9.58 Å². The molecule has 10 nitrogen and oxygen atoms in total. The summed E-state index contributed by atoms with van der Waals surface area (Å²) >= 11 is 6.46. The second-order valence-electron chi connectivity index (χ2n) is 12.2. The van der Waals surface area contributed by atoms with E-state index in [1.807, 2.05) is 78.9 Å². The molecule has 2 heterocycles. The summed E-state index contributed by atoms with van der Waals surface area (Å²) in [6, 6.07) is 24.8. The minimum absolute atomic E-state index is 0.00254. The number of urea groups is 1. The molecule has 0 radical (unpaired) electrons. The van der Waals surface area contributed by atoms with Gasteiger partial charge in [-0.1, -0.05) is 72.3 Å². The first kappa shape index (κ1) is 33.2. The van der Waals surface area contributed by atoms with E-state index >= 15 is 0 Å². The molecule has 2 aromatic heterocycles. The van der Waals surface area contributed by atoms with Crippen LogP contribution in [0.5, 0.6) is 0 Å². The van der Waals surface area contributed by atoms with Crippen LogP contribution in [-0.4, -0.2) is 52.5 Å². The number of amides is 2. The van der Waals surface area contributed by atoms with Gasteiger partial charge in [-0.2, -0.15) is 5.10 Å². The molecule has 2 amide bonds. The number of nitrogens with one attached hydrogen (secondary N) is 2. The maximum Gasteiger partial charge on any atom is 0.322 e. The molecule has 248 valence electrons. The van der Waals surface area contributed by atoms with Gasteiger partial charge in [-0.25, -0.2) is 23.2 Å². The van der Waals surface area contributed by atoms with Gasteiger partial charge in [0.05, 0.1) is 28.0 Å². The van der Waals surface area contributed by atoms with E-state index in [-0.39, 0.29) is 29.4 Å². The fourth-order valence-corrected chi connectivity index (χ4v) is 7.29. The van der Waals surface area contributed by atoms with Crippen LogP contribution in [0, 0.1) is 0 Å². The van der Waals surface area contributed by atoms with E-state index in [0.717, 1.165) is 48.1 Å². The number of hydrogen-bond donors (Lipinski definition) is 2. The van der Waals surface area contributed by atoms with Gasteiger partial charge in [-0.05, 0) is 60.6 Å². The molecule has 2 N–H and O–H groups in total. The van der Waals surface area contributed by atoms with Crippen LogP contribution < -0.4 is 15.5 Å². The van der Waals surface area contributed by atoms with E-state index in [0.29, 0.717) is 28.8 Å². The first-order valence-electron chi connectivity index (χ1n) is 15.9. The van der Waals surface area contributed by atoms with Crippen molar-refractivity contribution >= 4 is 39.1 Å². The van der Waals surface area contributed by atoms with Gasteiger partial charge in [0.2, 0.25) is 5.95 Å². The molecule has 48 heavy (non-hydrogen) atoms. The van der Waals surface area contributed by atoms with Gasteiger partial charge < -0.3 is 10.6 Å². The fourth-order valence-electron chi connectivity index (χ4n) is 6.19. The zero-order valence-corrected chi connectivity index (χ0v) is 28.5. The number of hydrogen-bond acceptors (Lipinski definition) is 7. The quantitative estimate of drug-likeness (QED) is 0.169. The molecular formula is C36H38ClN7O3S. The Morgan fingerprint density at radius 3 is 2.33 bits per heavy atom. The van der Waals surface area contributed by atoms with E-state index in [2.05, 4.69) is 25.7 Å². The lowest BCUT2D eigenvalue weighted by Crippen LogP contribution is -2.48. The molecule has 0 aliphatic heterocycles. The number of halogens is 1. The van der Waals surface area contributed by atoms with Gasteiger partial charge in [-0.15, -0.1) is 0 Å². The van der Waals surface area contributed by atoms with Crippen molar-refractivity contribution in [2.24, 2.45) is 7.05 Å². The molecule has 12 heteroatoms. The lowest BCUT2D eigenvalue weighted by atomic mass is 9.90. The number of benzene rings is 3. The molecule has 0 saturated heterocycles. The van der Waals surface area contributed by atoms with Crippen molar-refractivity contribution in [3.8, 4) is 11.1 Å². The Morgan fingerprint density at radius 1 is 0.938 bits per heavy atom. The van der Waals surface area contributed by atoms with Crippen molar-refractivity contribution in [3.05, 3.63) is 119 Å². The predicted molar refractivity (Wildman–Crippen MR) is 189 cm³/mol. The minimum Gasteiger partial charge on any atom is -0.351 e. The number of rotatable bonds is 10. The Kier molecular flexibility index (Phi) is 10.1. The molecule has 1 aliphatic rings. The Hall–Kier alpha value is -4.74. The highest BCUT2D eigenvalue weighted by molar-refractivity contribution is 7.90. The molecule has 5 aromatic rings. The molecule has 0 atom stereocenters. The topological polar surface area (TPSA) is 122 Å². The summed E-state index contributed by atoms with van der Waals surface area (Å²) < 4.78 is 26.4. The van der Waals surface area contributed by atoms with E-state index in [1.165, 1.54) is 6.26 Å². The second kappa shape index (κ2) is 14.6. The zero-order valence-electron chi connectivity index (χ0n) is 26.9. The molecular weight excluding hydrogens is 646 g/mol. The van der Waals surface area contributed by atoms with Crippen molar-refractivity contribution in [1.82, 2.24) is 25.1 Å². The van der Waals surface area contributed by atoms with E-state index in [1.54, 1.807) is 35.1 Å². The minimum atomic E-state index is -3.41. The third kappa shape index (κ3) is 8.03. The summed E-state index contributed by atoms with van der Waals surface area (Å²) in [7, 11) is -1.52.